The van der Waals surface area contributed by atoms with Gasteiger partial charge in [-0.05, 0) is 62.4 Å². The van der Waals surface area contributed by atoms with Crippen molar-refractivity contribution >= 4 is 23.7 Å². The third-order valence-corrected chi connectivity index (χ3v) is 6.72. The molecule has 0 bridgehead atoms. The summed E-state index contributed by atoms with van der Waals surface area (Å²) in [6.07, 6.45) is 2.90. The second kappa shape index (κ2) is 10.3. The summed E-state index contributed by atoms with van der Waals surface area (Å²) in [7, 11) is 1.43. The minimum absolute atomic E-state index is 0.00291. The number of carbonyl (C=O) groups is 4. The molecule has 2 aliphatic rings. The van der Waals surface area contributed by atoms with Crippen LogP contribution in [0, 0.1) is 0 Å². The number of fused-ring (bicyclic) bond motifs is 1. The zero-order valence-corrected chi connectivity index (χ0v) is 20.3. The van der Waals surface area contributed by atoms with E-state index in [9.17, 15) is 19.2 Å². The first-order valence-corrected chi connectivity index (χ1v) is 12.0. The van der Waals surface area contributed by atoms with E-state index in [1.54, 1.807) is 43.3 Å². The molecule has 2 aliphatic heterocycles. The maximum Gasteiger partial charge on any atom is 0.342 e. The van der Waals surface area contributed by atoms with Crippen molar-refractivity contribution in [3.05, 3.63) is 64.7 Å². The molecule has 2 heterocycles. The maximum absolute atomic E-state index is 13.0. The number of nitrogens with zero attached hydrogens (tertiary/aromatic N) is 2. The van der Waals surface area contributed by atoms with Gasteiger partial charge in [0.15, 0.2) is 6.10 Å². The number of methoxy groups -OCH3 is 1. The van der Waals surface area contributed by atoms with E-state index in [-0.39, 0.29) is 41.6 Å². The number of ether oxygens (including phenoxy) is 2. The van der Waals surface area contributed by atoms with Crippen molar-refractivity contribution in [3.63, 3.8) is 0 Å². The highest BCUT2D eigenvalue weighted by molar-refractivity contribution is 6.21. The lowest BCUT2D eigenvalue weighted by Crippen LogP contribution is -2.48. The molecule has 8 heteroatoms. The number of likely N-dealkylation sites (tertiary alicyclic amines) is 1. The van der Waals surface area contributed by atoms with Gasteiger partial charge in [-0.15, -0.1) is 0 Å². The molecular weight excluding hydrogens is 448 g/mol. The largest absolute Gasteiger partial charge is 0.496 e. The van der Waals surface area contributed by atoms with E-state index in [4.69, 9.17) is 9.47 Å². The number of amides is 3. The number of carbonyl (C=O) groups excluding carboxylic acids is 4. The van der Waals surface area contributed by atoms with Crippen LogP contribution in [0.2, 0.25) is 0 Å². The molecule has 0 aromatic heterocycles. The Kier molecular flexibility index (Phi) is 7.19. The molecule has 0 spiro atoms. The Morgan fingerprint density at radius 3 is 2.37 bits per heavy atom. The van der Waals surface area contributed by atoms with Crippen LogP contribution in [-0.4, -0.2) is 59.3 Å². The van der Waals surface area contributed by atoms with Crippen molar-refractivity contribution in [2.45, 2.75) is 58.2 Å². The van der Waals surface area contributed by atoms with E-state index in [1.807, 2.05) is 4.90 Å². The normalized spacial score (nSPS) is 18.3. The van der Waals surface area contributed by atoms with Gasteiger partial charge in [0.2, 0.25) is 0 Å². The second-order valence-corrected chi connectivity index (χ2v) is 8.91. The Hall–Kier alpha value is -3.68. The highest BCUT2D eigenvalue weighted by atomic mass is 16.5. The standard InChI is InChI=1S/C27H30N2O6/c1-4-19-9-7-8-14-28(19)24(30)17(2)35-27(33)22-15-18(12-13-23(22)34-3)16-29-25(31)20-10-5-6-11-21(20)26(29)32/h5-6,10-13,15,17,19H,4,7-9,14,16H2,1-3H3/t17-,19+/m0/s1. The third-order valence-electron chi connectivity index (χ3n) is 6.72. The molecule has 0 radical (unpaired) electrons. The number of esters is 1. The number of rotatable bonds is 7. The Bertz CT molecular complexity index is 1130. The van der Waals surface area contributed by atoms with Crippen molar-refractivity contribution in [3.8, 4) is 5.75 Å². The highest BCUT2D eigenvalue weighted by Crippen LogP contribution is 2.27. The van der Waals surface area contributed by atoms with Crippen LogP contribution in [0.4, 0.5) is 0 Å². The molecule has 2 aromatic rings. The summed E-state index contributed by atoms with van der Waals surface area (Å²) in [4.78, 5) is 54.5. The van der Waals surface area contributed by atoms with Gasteiger partial charge < -0.3 is 14.4 Å². The number of piperidine rings is 1. The van der Waals surface area contributed by atoms with Crippen LogP contribution in [0.15, 0.2) is 42.5 Å². The van der Waals surface area contributed by atoms with Crippen LogP contribution >= 0.6 is 0 Å². The number of hydrogen-bond donors (Lipinski definition) is 0. The minimum Gasteiger partial charge on any atom is -0.496 e. The fraction of sp³-hybridized carbons (Fsp3) is 0.407. The van der Waals surface area contributed by atoms with Crippen molar-refractivity contribution in [1.29, 1.82) is 0 Å². The van der Waals surface area contributed by atoms with Gasteiger partial charge in [-0.1, -0.05) is 25.1 Å². The quantitative estimate of drug-likeness (QED) is 0.444. The number of imide groups is 1. The molecule has 0 saturated carbocycles. The lowest BCUT2D eigenvalue weighted by molar-refractivity contribution is -0.143. The molecule has 1 fully saturated rings. The number of hydrogen-bond acceptors (Lipinski definition) is 6. The zero-order chi connectivity index (χ0) is 25.1. The van der Waals surface area contributed by atoms with E-state index < -0.39 is 12.1 Å². The lowest BCUT2D eigenvalue weighted by Gasteiger charge is -2.36. The average Bonchev–Trinajstić information content (AvgIpc) is 3.13. The van der Waals surface area contributed by atoms with Crippen LogP contribution in [0.25, 0.3) is 0 Å². The van der Waals surface area contributed by atoms with E-state index in [2.05, 4.69) is 6.92 Å². The van der Waals surface area contributed by atoms with E-state index >= 15 is 0 Å². The van der Waals surface area contributed by atoms with Gasteiger partial charge in [0.1, 0.15) is 11.3 Å². The Labute approximate surface area is 204 Å². The van der Waals surface area contributed by atoms with E-state index in [1.165, 1.54) is 13.2 Å². The molecule has 2 atom stereocenters. The Balaban J connectivity index is 1.50. The van der Waals surface area contributed by atoms with Gasteiger partial charge >= 0.3 is 5.97 Å². The Morgan fingerprint density at radius 2 is 1.74 bits per heavy atom. The summed E-state index contributed by atoms with van der Waals surface area (Å²) in [5.74, 6) is -1.37. The summed E-state index contributed by atoms with van der Waals surface area (Å²) in [5.41, 5.74) is 1.42. The maximum atomic E-state index is 13.0. The predicted octanol–water partition coefficient (Wildman–Crippen LogP) is 3.83. The average molecular weight is 479 g/mol. The molecule has 8 nitrogen and oxygen atoms in total. The summed E-state index contributed by atoms with van der Waals surface area (Å²) >= 11 is 0. The van der Waals surface area contributed by atoms with Crippen molar-refractivity contribution in [2.24, 2.45) is 0 Å². The first kappa shape index (κ1) is 24.4. The molecule has 0 N–H and O–H groups in total. The fourth-order valence-corrected chi connectivity index (χ4v) is 4.80. The lowest BCUT2D eigenvalue weighted by atomic mass is 9.99. The zero-order valence-electron chi connectivity index (χ0n) is 20.3. The summed E-state index contributed by atoms with van der Waals surface area (Å²) in [6.45, 7) is 4.30. The van der Waals surface area contributed by atoms with Gasteiger partial charge in [0.25, 0.3) is 17.7 Å². The summed E-state index contributed by atoms with van der Waals surface area (Å²) < 4.78 is 10.9. The van der Waals surface area contributed by atoms with E-state index in [0.717, 1.165) is 30.6 Å². The third kappa shape index (κ3) is 4.78. The van der Waals surface area contributed by atoms with Gasteiger partial charge in [0, 0.05) is 12.6 Å². The Morgan fingerprint density at radius 1 is 1.06 bits per heavy atom. The summed E-state index contributed by atoms with van der Waals surface area (Å²) in [6, 6.07) is 11.6. The van der Waals surface area contributed by atoms with Gasteiger partial charge in [0.05, 0.1) is 24.8 Å². The summed E-state index contributed by atoms with van der Waals surface area (Å²) in [5, 5.41) is 0. The molecule has 184 valence electrons. The van der Waals surface area contributed by atoms with Crippen molar-refractivity contribution in [1.82, 2.24) is 9.80 Å². The van der Waals surface area contributed by atoms with Crippen molar-refractivity contribution < 1.29 is 28.7 Å². The molecule has 0 unspecified atom stereocenters. The smallest absolute Gasteiger partial charge is 0.342 e. The topological polar surface area (TPSA) is 93.2 Å². The first-order chi connectivity index (χ1) is 16.8. The molecule has 2 aromatic carbocycles. The molecule has 35 heavy (non-hydrogen) atoms. The highest BCUT2D eigenvalue weighted by Gasteiger charge is 2.35. The van der Waals surface area contributed by atoms with Crippen LogP contribution in [0.5, 0.6) is 5.75 Å². The molecular formula is C27H30N2O6. The second-order valence-electron chi connectivity index (χ2n) is 8.91. The molecule has 0 aliphatic carbocycles. The SMILES string of the molecule is CC[C@@H]1CCCCN1C(=O)[C@H](C)OC(=O)c1cc(CN2C(=O)c3ccccc3C2=O)ccc1OC. The van der Waals surface area contributed by atoms with Crippen LogP contribution in [-0.2, 0) is 16.1 Å². The first-order valence-electron chi connectivity index (χ1n) is 12.0. The van der Waals surface area contributed by atoms with Crippen molar-refractivity contribution in [2.75, 3.05) is 13.7 Å². The van der Waals surface area contributed by atoms with Crippen LogP contribution < -0.4 is 4.74 Å². The van der Waals surface area contributed by atoms with Gasteiger partial charge in [-0.2, -0.15) is 0 Å². The minimum atomic E-state index is -0.945. The van der Waals surface area contributed by atoms with Crippen LogP contribution in [0.3, 0.4) is 0 Å². The number of benzene rings is 2. The molecule has 4 rings (SSSR count). The molecule has 3 amide bonds. The van der Waals surface area contributed by atoms with Gasteiger partial charge in [-0.3, -0.25) is 19.3 Å². The van der Waals surface area contributed by atoms with Crippen LogP contribution in [0.1, 0.15) is 76.2 Å². The van der Waals surface area contributed by atoms with E-state index in [0.29, 0.717) is 23.2 Å². The molecule has 1 saturated heterocycles. The van der Waals surface area contributed by atoms with Gasteiger partial charge in [-0.25, -0.2) is 4.79 Å². The monoisotopic (exact) mass is 478 g/mol. The fourth-order valence-electron chi connectivity index (χ4n) is 4.80. The predicted molar refractivity (Wildman–Crippen MR) is 128 cm³/mol.